The van der Waals surface area contributed by atoms with Crippen molar-refractivity contribution < 1.29 is 0 Å². The molecule has 2 unspecified atom stereocenters. The Bertz CT molecular complexity index is 159. The van der Waals surface area contributed by atoms with Crippen molar-refractivity contribution in [1.82, 2.24) is 10.2 Å². The Morgan fingerprint density at radius 1 is 1.25 bits per heavy atom. The number of hydrogen-bond acceptors (Lipinski definition) is 3. The standard InChI is InChI=1S/C13H29N3/c1-3-5-12-9-13(15-7-4-2)11-16(10-12)8-6-14/h12-13,15H,3-11,14H2,1-2H3. The molecule has 1 heterocycles. The molecule has 3 N–H and O–H groups in total. The van der Waals surface area contributed by atoms with E-state index in [0.29, 0.717) is 6.04 Å². The van der Waals surface area contributed by atoms with E-state index in [1.165, 1.54) is 38.8 Å². The van der Waals surface area contributed by atoms with Gasteiger partial charge < -0.3 is 16.0 Å². The van der Waals surface area contributed by atoms with E-state index >= 15 is 0 Å². The lowest BCUT2D eigenvalue weighted by Crippen LogP contribution is -2.50. The fourth-order valence-corrected chi connectivity index (χ4v) is 2.78. The Morgan fingerprint density at radius 3 is 2.69 bits per heavy atom. The predicted octanol–water partition coefficient (Wildman–Crippen LogP) is 1.44. The molecule has 0 spiro atoms. The third-order valence-corrected chi connectivity index (χ3v) is 3.44. The molecule has 0 radical (unpaired) electrons. The zero-order chi connectivity index (χ0) is 11.8. The molecule has 0 aliphatic carbocycles. The molecule has 0 saturated carbocycles. The van der Waals surface area contributed by atoms with Gasteiger partial charge in [-0.05, 0) is 31.7 Å². The smallest absolute Gasteiger partial charge is 0.0198 e. The Kier molecular flexibility index (Phi) is 7.01. The summed E-state index contributed by atoms with van der Waals surface area (Å²) in [5.41, 5.74) is 5.66. The van der Waals surface area contributed by atoms with E-state index in [2.05, 4.69) is 24.1 Å². The van der Waals surface area contributed by atoms with E-state index in [1.54, 1.807) is 0 Å². The maximum atomic E-state index is 5.66. The molecular weight excluding hydrogens is 198 g/mol. The van der Waals surface area contributed by atoms with Crippen molar-refractivity contribution in [1.29, 1.82) is 0 Å². The highest BCUT2D eigenvalue weighted by Crippen LogP contribution is 2.21. The maximum Gasteiger partial charge on any atom is 0.0198 e. The minimum absolute atomic E-state index is 0.691. The Labute approximate surface area is 101 Å². The van der Waals surface area contributed by atoms with E-state index in [-0.39, 0.29) is 0 Å². The first-order valence-electron chi connectivity index (χ1n) is 6.95. The summed E-state index contributed by atoms with van der Waals surface area (Å²) in [5, 5.41) is 3.67. The lowest BCUT2D eigenvalue weighted by Gasteiger charge is -2.38. The van der Waals surface area contributed by atoms with Crippen molar-refractivity contribution >= 4 is 0 Å². The van der Waals surface area contributed by atoms with E-state index in [9.17, 15) is 0 Å². The number of hydrogen-bond donors (Lipinski definition) is 2. The normalized spacial score (nSPS) is 27.2. The Hall–Kier alpha value is -0.120. The van der Waals surface area contributed by atoms with E-state index in [4.69, 9.17) is 5.73 Å². The summed E-state index contributed by atoms with van der Waals surface area (Å²) in [6.07, 6.45) is 5.26. The number of piperidine rings is 1. The van der Waals surface area contributed by atoms with Crippen LogP contribution in [0.4, 0.5) is 0 Å². The summed E-state index contributed by atoms with van der Waals surface area (Å²) in [5.74, 6) is 0.875. The second-order valence-electron chi connectivity index (χ2n) is 5.09. The van der Waals surface area contributed by atoms with Gasteiger partial charge in [-0.25, -0.2) is 0 Å². The van der Waals surface area contributed by atoms with Crippen molar-refractivity contribution in [3.63, 3.8) is 0 Å². The van der Waals surface area contributed by atoms with E-state index < -0.39 is 0 Å². The van der Waals surface area contributed by atoms with Crippen molar-refractivity contribution in [3.8, 4) is 0 Å². The number of rotatable bonds is 7. The van der Waals surface area contributed by atoms with Crippen LogP contribution in [0, 0.1) is 5.92 Å². The fraction of sp³-hybridized carbons (Fsp3) is 1.00. The lowest BCUT2D eigenvalue weighted by molar-refractivity contribution is 0.139. The molecule has 16 heavy (non-hydrogen) atoms. The van der Waals surface area contributed by atoms with Crippen molar-refractivity contribution in [2.75, 3.05) is 32.7 Å². The first kappa shape index (κ1) is 13.9. The fourth-order valence-electron chi connectivity index (χ4n) is 2.78. The molecule has 0 aromatic heterocycles. The van der Waals surface area contributed by atoms with Crippen LogP contribution in [0.5, 0.6) is 0 Å². The number of nitrogens with two attached hydrogens (primary N) is 1. The van der Waals surface area contributed by atoms with Gasteiger partial charge in [0.25, 0.3) is 0 Å². The molecule has 1 saturated heterocycles. The van der Waals surface area contributed by atoms with Crippen LogP contribution < -0.4 is 11.1 Å². The lowest BCUT2D eigenvalue weighted by atomic mass is 9.90. The summed E-state index contributed by atoms with van der Waals surface area (Å²) in [6.45, 7) is 9.98. The first-order valence-corrected chi connectivity index (χ1v) is 6.95. The van der Waals surface area contributed by atoms with Gasteiger partial charge in [-0.2, -0.15) is 0 Å². The van der Waals surface area contributed by atoms with Gasteiger partial charge in [-0.15, -0.1) is 0 Å². The number of likely N-dealkylation sites (tertiary alicyclic amines) is 1. The minimum atomic E-state index is 0.691. The second kappa shape index (κ2) is 8.04. The molecule has 1 aliphatic heterocycles. The first-order chi connectivity index (χ1) is 7.80. The quantitative estimate of drug-likeness (QED) is 0.691. The molecular formula is C13H29N3. The Balaban J connectivity index is 2.38. The average Bonchev–Trinajstić information content (AvgIpc) is 2.27. The highest BCUT2D eigenvalue weighted by atomic mass is 15.2. The Morgan fingerprint density at radius 2 is 2.06 bits per heavy atom. The summed E-state index contributed by atoms with van der Waals surface area (Å²) >= 11 is 0. The van der Waals surface area contributed by atoms with Gasteiger partial charge in [0.1, 0.15) is 0 Å². The number of nitrogens with one attached hydrogen (secondary N) is 1. The van der Waals surface area contributed by atoms with Gasteiger partial charge in [-0.1, -0.05) is 20.3 Å². The van der Waals surface area contributed by atoms with E-state index in [1.807, 2.05) is 0 Å². The van der Waals surface area contributed by atoms with Gasteiger partial charge in [-0.3, -0.25) is 0 Å². The predicted molar refractivity (Wildman–Crippen MR) is 70.6 cm³/mol. The van der Waals surface area contributed by atoms with Crippen LogP contribution >= 0.6 is 0 Å². The molecule has 0 amide bonds. The third-order valence-electron chi connectivity index (χ3n) is 3.44. The van der Waals surface area contributed by atoms with Gasteiger partial charge >= 0.3 is 0 Å². The highest BCUT2D eigenvalue weighted by molar-refractivity contribution is 4.83. The molecule has 2 atom stereocenters. The van der Waals surface area contributed by atoms with Crippen LogP contribution in [-0.2, 0) is 0 Å². The summed E-state index contributed by atoms with van der Waals surface area (Å²) < 4.78 is 0. The summed E-state index contributed by atoms with van der Waals surface area (Å²) in [7, 11) is 0. The number of nitrogens with zero attached hydrogens (tertiary/aromatic N) is 1. The van der Waals surface area contributed by atoms with Crippen LogP contribution in [0.25, 0.3) is 0 Å². The molecule has 0 aromatic carbocycles. The SMILES string of the molecule is CCCNC1CC(CCC)CN(CCN)C1. The van der Waals surface area contributed by atoms with Crippen LogP contribution in [0.1, 0.15) is 39.5 Å². The summed E-state index contributed by atoms with van der Waals surface area (Å²) in [6, 6.07) is 0.691. The second-order valence-corrected chi connectivity index (χ2v) is 5.09. The molecule has 96 valence electrons. The van der Waals surface area contributed by atoms with Crippen LogP contribution in [0.2, 0.25) is 0 Å². The summed E-state index contributed by atoms with van der Waals surface area (Å²) in [4.78, 5) is 2.54. The molecule has 3 heteroatoms. The highest BCUT2D eigenvalue weighted by Gasteiger charge is 2.25. The van der Waals surface area contributed by atoms with Gasteiger partial charge in [0.15, 0.2) is 0 Å². The topological polar surface area (TPSA) is 41.3 Å². The zero-order valence-corrected chi connectivity index (χ0v) is 11.0. The molecule has 0 aromatic rings. The maximum absolute atomic E-state index is 5.66. The van der Waals surface area contributed by atoms with Crippen molar-refractivity contribution in [2.45, 2.75) is 45.6 Å². The third kappa shape index (κ3) is 4.81. The monoisotopic (exact) mass is 227 g/mol. The minimum Gasteiger partial charge on any atom is -0.329 e. The molecule has 1 rings (SSSR count). The van der Waals surface area contributed by atoms with Crippen LogP contribution in [0.3, 0.4) is 0 Å². The van der Waals surface area contributed by atoms with Crippen molar-refractivity contribution in [2.24, 2.45) is 11.7 Å². The van der Waals surface area contributed by atoms with Crippen molar-refractivity contribution in [3.05, 3.63) is 0 Å². The van der Waals surface area contributed by atoms with Gasteiger partial charge in [0.2, 0.25) is 0 Å². The van der Waals surface area contributed by atoms with Gasteiger partial charge in [0.05, 0.1) is 0 Å². The average molecular weight is 227 g/mol. The molecule has 0 bridgehead atoms. The largest absolute Gasteiger partial charge is 0.329 e. The molecule has 3 nitrogen and oxygen atoms in total. The zero-order valence-electron chi connectivity index (χ0n) is 11.0. The molecule has 1 aliphatic rings. The molecule has 1 fully saturated rings. The van der Waals surface area contributed by atoms with Crippen LogP contribution in [0.15, 0.2) is 0 Å². The van der Waals surface area contributed by atoms with E-state index in [0.717, 1.165) is 25.6 Å². The van der Waals surface area contributed by atoms with Crippen LogP contribution in [-0.4, -0.2) is 43.7 Å². The van der Waals surface area contributed by atoms with Gasteiger partial charge in [0, 0.05) is 32.2 Å².